The number of nitrogens with zero attached hydrogens (tertiary/aromatic N) is 1. The Labute approximate surface area is 173 Å². The zero-order chi connectivity index (χ0) is 22.4. The third kappa shape index (κ3) is 4.68. The van der Waals surface area contributed by atoms with Crippen LogP contribution in [-0.2, 0) is 23.8 Å². The number of nitrogens with one attached hydrogen (secondary N) is 1. The molecule has 29 heavy (non-hydrogen) atoms. The van der Waals surface area contributed by atoms with Crippen LogP contribution in [0.4, 0.5) is 4.79 Å². The number of carbonyl (C=O) groups is 3. The molecule has 1 aliphatic carbocycles. The molecule has 1 saturated carbocycles. The maximum absolute atomic E-state index is 13.6. The van der Waals surface area contributed by atoms with E-state index in [0.29, 0.717) is 6.54 Å². The molecule has 0 unspecified atom stereocenters. The van der Waals surface area contributed by atoms with Gasteiger partial charge in [0.25, 0.3) is 0 Å². The normalized spacial score (nSPS) is 26.4. The summed E-state index contributed by atoms with van der Waals surface area (Å²) in [5.74, 6) is -0.442. The highest BCUT2D eigenvalue weighted by molar-refractivity contribution is 5.91. The number of likely N-dealkylation sites (tertiary alicyclic amines) is 1. The molecule has 0 radical (unpaired) electrons. The number of hydrogen-bond donors (Lipinski definition) is 1. The van der Waals surface area contributed by atoms with E-state index >= 15 is 0 Å². The summed E-state index contributed by atoms with van der Waals surface area (Å²) >= 11 is 0. The van der Waals surface area contributed by atoms with Crippen molar-refractivity contribution in [2.75, 3.05) is 27.4 Å². The van der Waals surface area contributed by atoms with Crippen LogP contribution in [0.5, 0.6) is 0 Å². The molecule has 2 aliphatic rings. The monoisotopic (exact) mass is 412 g/mol. The summed E-state index contributed by atoms with van der Waals surface area (Å²) in [6.45, 7) is 13.9. The molecule has 166 valence electrons. The molecule has 2 rings (SSSR count). The lowest BCUT2D eigenvalue weighted by atomic mass is 9.83. The lowest BCUT2D eigenvalue weighted by molar-refractivity contribution is -0.155. The number of esters is 1. The van der Waals surface area contributed by atoms with Crippen molar-refractivity contribution < 1.29 is 28.6 Å². The van der Waals surface area contributed by atoms with Gasteiger partial charge in [0, 0.05) is 25.0 Å². The summed E-state index contributed by atoms with van der Waals surface area (Å²) in [4.78, 5) is 40.1. The number of carbonyl (C=O) groups excluding carboxylic acids is 3. The summed E-state index contributed by atoms with van der Waals surface area (Å²) in [6.07, 6.45) is -0.681. The van der Waals surface area contributed by atoms with Crippen LogP contribution in [-0.4, -0.2) is 67.9 Å². The fourth-order valence-corrected chi connectivity index (χ4v) is 4.54. The second-order valence-corrected chi connectivity index (χ2v) is 10.4. The molecule has 8 nitrogen and oxygen atoms in total. The van der Waals surface area contributed by atoms with Crippen molar-refractivity contribution in [3.8, 4) is 0 Å². The number of amides is 2. The predicted molar refractivity (Wildman–Crippen MR) is 107 cm³/mol. The van der Waals surface area contributed by atoms with E-state index in [1.54, 1.807) is 32.8 Å². The molecule has 0 aromatic rings. The van der Waals surface area contributed by atoms with Gasteiger partial charge in [-0.05, 0) is 32.1 Å². The zero-order valence-electron chi connectivity index (χ0n) is 19.1. The minimum absolute atomic E-state index is 0.00816. The second-order valence-electron chi connectivity index (χ2n) is 10.4. The average molecular weight is 413 g/mol. The van der Waals surface area contributed by atoms with E-state index in [2.05, 4.69) is 19.2 Å². The van der Waals surface area contributed by atoms with Gasteiger partial charge in [-0.2, -0.15) is 0 Å². The number of alkyl carbamates (subject to hydrolysis) is 1. The van der Waals surface area contributed by atoms with Crippen molar-refractivity contribution in [2.45, 2.75) is 66.2 Å². The Morgan fingerprint density at radius 2 is 1.72 bits per heavy atom. The topological polar surface area (TPSA) is 94.2 Å². The molecular formula is C21H36N2O6. The van der Waals surface area contributed by atoms with Gasteiger partial charge in [0.05, 0.1) is 13.7 Å². The molecule has 0 spiro atoms. The molecule has 8 heteroatoms. The Morgan fingerprint density at radius 3 is 2.21 bits per heavy atom. The van der Waals surface area contributed by atoms with Crippen LogP contribution in [0.25, 0.3) is 0 Å². The van der Waals surface area contributed by atoms with Gasteiger partial charge in [-0.15, -0.1) is 0 Å². The zero-order valence-corrected chi connectivity index (χ0v) is 19.1. The molecule has 4 atom stereocenters. The third-order valence-corrected chi connectivity index (χ3v) is 6.14. The highest BCUT2D eigenvalue weighted by atomic mass is 16.6. The van der Waals surface area contributed by atoms with Crippen LogP contribution in [0.15, 0.2) is 0 Å². The molecule has 1 N–H and O–H groups in total. The Balaban J connectivity index is 2.29. The Kier molecular flexibility index (Phi) is 6.29. The van der Waals surface area contributed by atoms with E-state index in [0.717, 1.165) is 0 Å². The molecule has 1 saturated heterocycles. The van der Waals surface area contributed by atoms with Crippen molar-refractivity contribution >= 4 is 18.0 Å². The van der Waals surface area contributed by atoms with E-state index in [1.807, 2.05) is 13.8 Å². The molecule has 1 aliphatic heterocycles. The SMILES string of the molecule is COCC(C)(C)[C@H](NC(=O)OC(C)(C)C)C(=O)N1C[C@H]2[C@@H]([C@H]1C(=O)OC)C2(C)C. The van der Waals surface area contributed by atoms with Crippen molar-refractivity contribution in [1.82, 2.24) is 10.2 Å². The molecular weight excluding hydrogens is 376 g/mol. The number of fused-ring (bicyclic) bond motifs is 1. The first-order valence-corrected chi connectivity index (χ1v) is 10.0. The minimum atomic E-state index is -0.912. The smallest absolute Gasteiger partial charge is 0.408 e. The van der Waals surface area contributed by atoms with Gasteiger partial charge < -0.3 is 24.4 Å². The average Bonchev–Trinajstić information content (AvgIpc) is 2.93. The highest BCUT2D eigenvalue weighted by Gasteiger charge is 2.70. The van der Waals surface area contributed by atoms with Gasteiger partial charge in [0.1, 0.15) is 17.7 Å². The number of rotatable bonds is 6. The first kappa shape index (κ1) is 23.4. The summed E-state index contributed by atoms with van der Waals surface area (Å²) in [5.41, 5.74) is -1.42. The van der Waals surface area contributed by atoms with Gasteiger partial charge in [-0.1, -0.05) is 27.7 Å². The highest BCUT2D eigenvalue weighted by Crippen LogP contribution is 2.65. The van der Waals surface area contributed by atoms with Crippen molar-refractivity contribution in [2.24, 2.45) is 22.7 Å². The minimum Gasteiger partial charge on any atom is -0.467 e. The van der Waals surface area contributed by atoms with Crippen LogP contribution in [0.2, 0.25) is 0 Å². The largest absolute Gasteiger partial charge is 0.467 e. The first-order valence-electron chi connectivity index (χ1n) is 10.0. The number of ether oxygens (including phenoxy) is 3. The second kappa shape index (κ2) is 7.78. The molecule has 0 aromatic carbocycles. The standard InChI is InChI=1S/C21H36N2O6/c1-19(2,3)29-18(26)22-15(20(4,5)11-27-8)16(24)23-10-12-13(21(12,6)7)14(23)17(25)28-9/h12-15H,10-11H2,1-9H3,(H,22,26)/t12-,13-,14-,15+/m0/s1. The van der Waals surface area contributed by atoms with Crippen molar-refractivity contribution in [1.29, 1.82) is 0 Å². The quantitative estimate of drug-likeness (QED) is 0.672. The van der Waals surface area contributed by atoms with Crippen LogP contribution in [0, 0.1) is 22.7 Å². The Hall–Kier alpha value is -1.83. The van der Waals surface area contributed by atoms with Crippen LogP contribution in [0.3, 0.4) is 0 Å². The Bertz CT molecular complexity index is 667. The molecule has 0 bridgehead atoms. The molecule has 2 amide bonds. The van der Waals surface area contributed by atoms with Crippen LogP contribution < -0.4 is 5.32 Å². The lowest BCUT2D eigenvalue weighted by Crippen LogP contribution is -2.60. The fourth-order valence-electron chi connectivity index (χ4n) is 4.54. The summed E-state index contributed by atoms with van der Waals surface area (Å²) in [7, 11) is 2.88. The molecule has 0 aromatic heterocycles. The van der Waals surface area contributed by atoms with Crippen molar-refractivity contribution in [3.63, 3.8) is 0 Å². The van der Waals surface area contributed by atoms with Gasteiger partial charge >= 0.3 is 12.1 Å². The van der Waals surface area contributed by atoms with E-state index in [1.165, 1.54) is 7.11 Å². The van der Waals surface area contributed by atoms with E-state index in [-0.39, 0.29) is 29.8 Å². The van der Waals surface area contributed by atoms with Gasteiger partial charge in [0.2, 0.25) is 5.91 Å². The lowest BCUT2D eigenvalue weighted by Gasteiger charge is -2.38. The van der Waals surface area contributed by atoms with Crippen LogP contribution in [0.1, 0.15) is 48.5 Å². The summed E-state index contributed by atoms with van der Waals surface area (Å²) in [5, 5.41) is 2.72. The summed E-state index contributed by atoms with van der Waals surface area (Å²) in [6, 6.07) is -1.56. The molecule has 2 fully saturated rings. The summed E-state index contributed by atoms with van der Waals surface area (Å²) < 4.78 is 15.6. The number of methoxy groups -OCH3 is 2. The third-order valence-electron chi connectivity index (χ3n) is 6.14. The fraction of sp³-hybridized carbons (Fsp3) is 0.857. The van der Waals surface area contributed by atoms with Crippen LogP contribution >= 0.6 is 0 Å². The maximum atomic E-state index is 13.6. The maximum Gasteiger partial charge on any atom is 0.408 e. The number of piperidine rings is 1. The Morgan fingerprint density at radius 1 is 1.14 bits per heavy atom. The van der Waals surface area contributed by atoms with E-state index in [9.17, 15) is 14.4 Å². The van der Waals surface area contributed by atoms with Crippen molar-refractivity contribution in [3.05, 3.63) is 0 Å². The molecule has 1 heterocycles. The number of hydrogen-bond acceptors (Lipinski definition) is 6. The van der Waals surface area contributed by atoms with Gasteiger partial charge in [-0.25, -0.2) is 9.59 Å². The first-order chi connectivity index (χ1) is 13.2. The van der Waals surface area contributed by atoms with Gasteiger partial charge in [0.15, 0.2) is 0 Å². The predicted octanol–water partition coefficient (Wildman–Crippen LogP) is 2.21. The van der Waals surface area contributed by atoms with Gasteiger partial charge in [-0.3, -0.25) is 4.79 Å². The van der Waals surface area contributed by atoms with E-state index in [4.69, 9.17) is 14.2 Å². The van der Waals surface area contributed by atoms with E-state index < -0.39 is 35.2 Å².